The molecular formula is C18H27ClN2O. The minimum absolute atomic E-state index is 0.182. The molecule has 1 fully saturated rings. The molecule has 1 saturated heterocycles. The van der Waals surface area contributed by atoms with Crippen LogP contribution in [0.4, 0.5) is 0 Å². The zero-order chi connectivity index (χ0) is 15.9. The van der Waals surface area contributed by atoms with Crippen LogP contribution in [-0.4, -0.2) is 29.9 Å². The Morgan fingerprint density at radius 3 is 2.36 bits per heavy atom. The maximum absolute atomic E-state index is 12.3. The number of amides is 1. The van der Waals surface area contributed by atoms with Crippen molar-refractivity contribution in [2.75, 3.05) is 13.1 Å². The summed E-state index contributed by atoms with van der Waals surface area (Å²) >= 11 is 5.92. The van der Waals surface area contributed by atoms with Crippen LogP contribution in [0.25, 0.3) is 0 Å². The van der Waals surface area contributed by atoms with Crippen molar-refractivity contribution in [1.29, 1.82) is 0 Å². The first-order chi connectivity index (χ1) is 10.6. The van der Waals surface area contributed by atoms with Gasteiger partial charge in [0.05, 0.1) is 0 Å². The molecular weight excluding hydrogens is 296 g/mol. The van der Waals surface area contributed by atoms with Crippen molar-refractivity contribution in [3.05, 3.63) is 34.9 Å². The van der Waals surface area contributed by atoms with Crippen molar-refractivity contribution in [3.8, 4) is 0 Å². The predicted octanol–water partition coefficient (Wildman–Crippen LogP) is 3.86. The van der Waals surface area contributed by atoms with Crippen LogP contribution in [0.1, 0.15) is 45.1 Å². The van der Waals surface area contributed by atoms with Gasteiger partial charge in [-0.15, -0.1) is 0 Å². The molecule has 0 saturated carbocycles. The molecule has 3 nitrogen and oxygen atoms in total. The molecule has 1 N–H and O–H groups in total. The molecule has 0 radical (unpaired) electrons. The summed E-state index contributed by atoms with van der Waals surface area (Å²) in [5, 5.41) is 3.96. The summed E-state index contributed by atoms with van der Waals surface area (Å²) in [6, 6.07) is 8.36. The summed E-state index contributed by atoms with van der Waals surface area (Å²) in [6.45, 7) is 7.18. The average molecular weight is 323 g/mol. The highest BCUT2D eigenvalue weighted by molar-refractivity contribution is 6.30. The number of benzene rings is 1. The molecule has 0 spiro atoms. The van der Waals surface area contributed by atoms with Crippen molar-refractivity contribution in [2.24, 2.45) is 5.92 Å². The predicted molar refractivity (Wildman–Crippen MR) is 92.0 cm³/mol. The van der Waals surface area contributed by atoms with Gasteiger partial charge in [-0.1, -0.05) is 37.6 Å². The number of hydrogen-bond acceptors (Lipinski definition) is 2. The van der Waals surface area contributed by atoms with Crippen LogP contribution in [0, 0.1) is 5.92 Å². The summed E-state index contributed by atoms with van der Waals surface area (Å²) in [5.74, 6) is 0.432. The van der Waals surface area contributed by atoms with Gasteiger partial charge in [0.1, 0.15) is 0 Å². The Kier molecular flexibility index (Phi) is 6.71. The van der Waals surface area contributed by atoms with Gasteiger partial charge < -0.3 is 5.32 Å². The average Bonchev–Trinajstić information content (AvgIpc) is 2.55. The third-order valence-corrected chi connectivity index (χ3v) is 4.86. The van der Waals surface area contributed by atoms with Crippen LogP contribution in [0.15, 0.2) is 24.3 Å². The summed E-state index contributed by atoms with van der Waals surface area (Å²) in [5.41, 5.74) is 1.28. The molecule has 1 aromatic carbocycles. The van der Waals surface area contributed by atoms with E-state index in [-0.39, 0.29) is 11.8 Å². The molecule has 1 heterocycles. The van der Waals surface area contributed by atoms with Gasteiger partial charge in [-0.2, -0.15) is 0 Å². The SMILES string of the molecule is CCC(CC)NC(=O)C1CCN(Cc2ccc(Cl)cc2)CC1. The Labute approximate surface area is 139 Å². The molecule has 1 amide bonds. The molecule has 1 aromatic rings. The summed E-state index contributed by atoms with van der Waals surface area (Å²) in [4.78, 5) is 14.7. The molecule has 1 aliphatic heterocycles. The summed E-state index contributed by atoms with van der Waals surface area (Å²) in [6.07, 6.45) is 3.94. The first-order valence-corrected chi connectivity index (χ1v) is 8.77. The molecule has 0 aliphatic carbocycles. The van der Waals surface area contributed by atoms with Crippen molar-refractivity contribution in [2.45, 2.75) is 52.1 Å². The largest absolute Gasteiger partial charge is 0.353 e. The third-order valence-electron chi connectivity index (χ3n) is 4.61. The molecule has 0 unspecified atom stereocenters. The minimum Gasteiger partial charge on any atom is -0.353 e. The third kappa shape index (κ3) is 4.99. The first-order valence-electron chi connectivity index (χ1n) is 8.39. The first kappa shape index (κ1) is 17.3. The Morgan fingerprint density at radius 1 is 1.23 bits per heavy atom. The highest BCUT2D eigenvalue weighted by Crippen LogP contribution is 2.20. The second-order valence-corrected chi connectivity index (χ2v) is 6.64. The number of halogens is 1. The van der Waals surface area contributed by atoms with Crippen LogP contribution in [-0.2, 0) is 11.3 Å². The van der Waals surface area contributed by atoms with Crippen LogP contribution in [0.2, 0.25) is 5.02 Å². The number of carbonyl (C=O) groups excluding carboxylic acids is 1. The van der Waals surface area contributed by atoms with Crippen molar-refractivity contribution < 1.29 is 4.79 Å². The van der Waals surface area contributed by atoms with Gasteiger partial charge in [-0.05, 0) is 56.5 Å². The van der Waals surface area contributed by atoms with E-state index in [2.05, 4.69) is 36.2 Å². The lowest BCUT2D eigenvalue weighted by Crippen LogP contribution is -2.43. The van der Waals surface area contributed by atoms with Crippen LogP contribution in [0.5, 0.6) is 0 Å². The number of nitrogens with one attached hydrogen (secondary N) is 1. The fourth-order valence-electron chi connectivity index (χ4n) is 3.01. The van der Waals surface area contributed by atoms with Gasteiger partial charge in [0.2, 0.25) is 5.91 Å². The quantitative estimate of drug-likeness (QED) is 0.862. The zero-order valence-corrected chi connectivity index (χ0v) is 14.4. The van der Waals surface area contributed by atoms with E-state index in [4.69, 9.17) is 11.6 Å². The van der Waals surface area contributed by atoms with E-state index in [0.29, 0.717) is 6.04 Å². The van der Waals surface area contributed by atoms with Gasteiger partial charge in [0, 0.05) is 23.5 Å². The van der Waals surface area contributed by atoms with E-state index in [9.17, 15) is 4.79 Å². The maximum Gasteiger partial charge on any atom is 0.223 e. The van der Waals surface area contributed by atoms with E-state index in [0.717, 1.165) is 50.3 Å². The smallest absolute Gasteiger partial charge is 0.223 e. The Bertz CT molecular complexity index is 462. The van der Waals surface area contributed by atoms with E-state index in [1.807, 2.05) is 12.1 Å². The van der Waals surface area contributed by atoms with Crippen LogP contribution >= 0.6 is 11.6 Å². The number of carbonyl (C=O) groups is 1. The standard InChI is InChI=1S/C18H27ClN2O/c1-3-17(4-2)20-18(22)15-9-11-21(12-10-15)13-14-5-7-16(19)8-6-14/h5-8,15,17H,3-4,9-13H2,1-2H3,(H,20,22). The van der Waals surface area contributed by atoms with Crippen LogP contribution < -0.4 is 5.32 Å². The van der Waals surface area contributed by atoms with E-state index in [1.54, 1.807) is 0 Å². The van der Waals surface area contributed by atoms with Gasteiger partial charge in [0.15, 0.2) is 0 Å². The molecule has 0 aromatic heterocycles. The second kappa shape index (κ2) is 8.54. The fourth-order valence-corrected chi connectivity index (χ4v) is 3.14. The Balaban J connectivity index is 1.77. The molecule has 22 heavy (non-hydrogen) atoms. The number of piperidine rings is 1. The van der Waals surface area contributed by atoms with Gasteiger partial charge >= 0.3 is 0 Å². The molecule has 0 atom stereocenters. The molecule has 2 rings (SSSR count). The van der Waals surface area contributed by atoms with E-state index < -0.39 is 0 Å². The number of likely N-dealkylation sites (tertiary alicyclic amines) is 1. The van der Waals surface area contributed by atoms with Gasteiger partial charge in [-0.3, -0.25) is 9.69 Å². The number of nitrogens with zero attached hydrogens (tertiary/aromatic N) is 1. The van der Waals surface area contributed by atoms with Crippen molar-refractivity contribution >= 4 is 17.5 Å². The molecule has 0 bridgehead atoms. The Morgan fingerprint density at radius 2 is 1.82 bits per heavy atom. The summed E-state index contributed by atoms with van der Waals surface area (Å²) < 4.78 is 0. The monoisotopic (exact) mass is 322 g/mol. The molecule has 1 aliphatic rings. The fraction of sp³-hybridized carbons (Fsp3) is 0.611. The number of hydrogen-bond donors (Lipinski definition) is 1. The van der Waals surface area contributed by atoms with E-state index >= 15 is 0 Å². The molecule has 122 valence electrons. The normalized spacial score (nSPS) is 16.9. The zero-order valence-electron chi connectivity index (χ0n) is 13.6. The second-order valence-electron chi connectivity index (χ2n) is 6.20. The molecule has 4 heteroatoms. The van der Waals surface area contributed by atoms with Crippen molar-refractivity contribution in [1.82, 2.24) is 10.2 Å². The van der Waals surface area contributed by atoms with Crippen molar-refractivity contribution in [3.63, 3.8) is 0 Å². The topological polar surface area (TPSA) is 32.3 Å². The lowest BCUT2D eigenvalue weighted by Gasteiger charge is -2.32. The highest BCUT2D eigenvalue weighted by Gasteiger charge is 2.25. The number of rotatable bonds is 6. The van der Waals surface area contributed by atoms with Crippen LogP contribution in [0.3, 0.4) is 0 Å². The lowest BCUT2D eigenvalue weighted by atomic mass is 9.95. The summed E-state index contributed by atoms with van der Waals surface area (Å²) in [7, 11) is 0. The van der Waals surface area contributed by atoms with E-state index in [1.165, 1.54) is 5.56 Å². The lowest BCUT2D eigenvalue weighted by molar-refractivity contribution is -0.127. The van der Waals surface area contributed by atoms with Gasteiger partial charge in [-0.25, -0.2) is 0 Å². The minimum atomic E-state index is 0.182. The van der Waals surface area contributed by atoms with Gasteiger partial charge in [0.25, 0.3) is 0 Å². The highest BCUT2D eigenvalue weighted by atomic mass is 35.5. The maximum atomic E-state index is 12.3. The Hall–Kier alpha value is -1.06.